The van der Waals surface area contributed by atoms with Gasteiger partial charge in [0.15, 0.2) is 0 Å². The van der Waals surface area contributed by atoms with Crippen molar-refractivity contribution < 1.29 is 4.58 Å². The molecule has 0 spiro atoms. The van der Waals surface area contributed by atoms with Crippen LogP contribution >= 0.6 is 0 Å². The molecule has 18 heavy (non-hydrogen) atoms. The Kier molecular flexibility index (Phi) is 8.11. The van der Waals surface area contributed by atoms with Gasteiger partial charge in [-0.2, -0.15) is 0 Å². The van der Waals surface area contributed by atoms with Crippen LogP contribution in [0.25, 0.3) is 0 Å². The van der Waals surface area contributed by atoms with Crippen molar-refractivity contribution in [3.8, 4) is 0 Å². The van der Waals surface area contributed by atoms with E-state index in [4.69, 9.17) is 0 Å². The molecule has 1 aliphatic rings. The Morgan fingerprint density at radius 1 is 0.944 bits per heavy atom. The Morgan fingerprint density at radius 3 is 2.00 bits per heavy atom. The van der Waals surface area contributed by atoms with Gasteiger partial charge in [0.05, 0.1) is 14.1 Å². The van der Waals surface area contributed by atoms with E-state index in [1.807, 2.05) is 0 Å². The molecule has 106 valence electrons. The summed E-state index contributed by atoms with van der Waals surface area (Å²) in [5.41, 5.74) is 0. The molecule has 0 bridgehead atoms. The second-order valence-electron chi connectivity index (χ2n) is 5.84. The first-order valence-corrected chi connectivity index (χ1v) is 8.03. The molecule has 0 aromatic carbocycles. The zero-order chi connectivity index (χ0) is 13.2. The molecule has 1 aliphatic heterocycles. The van der Waals surface area contributed by atoms with E-state index in [9.17, 15) is 0 Å². The lowest BCUT2D eigenvalue weighted by Crippen LogP contribution is -2.24. The minimum Gasteiger partial charge on any atom is -0.264 e. The Balaban J connectivity index is 1.91. The summed E-state index contributed by atoms with van der Waals surface area (Å²) < 4.78 is 2.42. The van der Waals surface area contributed by atoms with Crippen LogP contribution in [0, 0.1) is 0 Å². The standard InChI is InChI=1S/C16H33N2/c1-4-5-6-7-8-9-10-11-12-13-16-17(2)14-15-18(16)3/h4-15H2,1-3H3/q+1. The van der Waals surface area contributed by atoms with Crippen LogP contribution in [-0.2, 0) is 0 Å². The first kappa shape index (κ1) is 15.5. The van der Waals surface area contributed by atoms with Crippen molar-refractivity contribution in [1.29, 1.82) is 0 Å². The third-order valence-electron chi connectivity index (χ3n) is 4.16. The maximum atomic E-state index is 2.42. The zero-order valence-electron chi connectivity index (χ0n) is 12.9. The number of nitrogens with zero attached hydrogens (tertiary/aromatic N) is 2. The lowest BCUT2D eigenvalue weighted by molar-refractivity contribution is -0.487. The summed E-state index contributed by atoms with van der Waals surface area (Å²) in [7, 11) is 4.46. The normalized spacial score (nSPS) is 15.8. The summed E-state index contributed by atoms with van der Waals surface area (Å²) in [6.45, 7) is 4.71. The number of hydrogen-bond acceptors (Lipinski definition) is 1. The Hall–Kier alpha value is -0.530. The van der Waals surface area contributed by atoms with Crippen LogP contribution in [0.2, 0.25) is 0 Å². The van der Waals surface area contributed by atoms with Gasteiger partial charge in [0, 0.05) is 6.42 Å². The fourth-order valence-electron chi connectivity index (χ4n) is 2.83. The maximum absolute atomic E-state index is 2.42. The van der Waals surface area contributed by atoms with Crippen molar-refractivity contribution in [3.05, 3.63) is 0 Å². The molecule has 0 saturated heterocycles. The highest BCUT2D eigenvalue weighted by molar-refractivity contribution is 5.78. The van der Waals surface area contributed by atoms with Crippen molar-refractivity contribution in [2.75, 3.05) is 27.2 Å². The molecular weight excluding hydrogens is 220 g/mol. The highest BCUT2D eigenvalue weighted by Crippen LogP contribution is 2.12. The monoisotopic (exact) mass is 253 g/mol. The topological polar surface area (TPSA) is 6.25 Å². The molecule has 0 amide bonds. The number of rotatable bonds is 10. The van der Waals surface area contributed by atoms with Crippen LogP contribution in [0.4, 0.5) is 0 Å². The molecule has 1 heterocycles. The summed E-state index contributed by atoms with van der Waals surface area (Å²) in [4.78, 5) is 2.42. The van der Waals surface area contributed by atoms with Gasteiger partial charge >= 0.3 is 0 Å². The third kappa shape index (κ3) is 5.88. The van der Waals surface area contributed by atoms with E-state index in [1.165, 1.54) is 77.3 Å². The van der Waals surface area contributed by atoms with Gasteiger partial charge in [-0.15, -0.1) is 0 Å². The predicted molar refractivity (Wildman–Crippen MR) is 80.5 cm³/mol. The van der Waals surface area contributed by atoms with Gasteiger partial charge in [0.1, 0.15) is 13.1 Å². The molecule has 2 nitrogen and oxygen atoms in total. The van der Waals surface area contributed by atoms with Gasteiger partial charge in [-0.05, 0) is 6.42 Å². The number of amidine groups is 1. The molecule has 1 rings (SSSR count). The van der Waals surface area contributed by atoms with E-state index in [-0.39, 0.29) is 0 Å². The molecule has 0 aromatic heterocycles. The minimum absolute atomic E-state index is 1.21. The lowest BCUT2D eigenvalue weighted by atomic mass is 10.1. The number of hydrogen-bond donors (Lipinski definition) is 0. The average molecular weight is 253 g/mol. The Bertz CT molecular complexity index is 245. The van der Waals surface area contributed by atoms with Crippen molar-refractivity contribution in [2.24, 2.45) is 0 Å². The summed E-state index contributed by atoms with van der Waals surface area (Å²) >= 11 is 0. The second kappa shape index (κ2) is 9.41. The summed E-state index contributed by atoms with van der Waals surface area (Å²) in [6, 6.07) is 0. The molecule has 0 aromatic rings. The minimum atomic E-state index is 1.21. The second-order valence-corrected chi connectivity index (χ2v) is 5.84. The van der Waals surface area contributed by atoms with Crippen LogP contribution in [0.1, 0.15) is 71.1 Å². The summed E-state index contributed by atoms with van der Waals surface area (Å²) in [5, 5.41) is 0. The van der Waals surface area contributed by atoms with Crippen molar-refractivity contribution in [2.45, 2.75) is 71.1 Å². The highest BCUT2D eigenvalue weighted by Gasteiger charge is 2.23. The molecule has 0 fully saturated rings. The molecule has 2 heteroatoms. The smallest absolute Gasteiger partial charge is 0.246 e. The predicted octanol–water partition coefficient (Wildman–Crippen LogP) is 3.89. The average Bonchev–Trinajstić information content (AvgIpc) is 2.68. The van der Waals surface area contributed by atoms with Gasteiger partial charge in [-0.25, -0.2) is 0 Å². The number of unbranched alkanes of at least 4 members (excludes halogenated alkanes) is 8. The molecule has 0 unspecified atom stereocenters. The van der Waals surface area contributed by atoms with E-state index < -0.39 is 0 Å². The maximum Gasteiger partial charge on any atom is 0.246 e. The first-order chi connectivity index (χ1) is 8.75. The van der Waals surface area contributed by atoms with Crippen molar-refractivity contribution in [1.82, 2.24) is 4.90 Å². The Labute approximate surface area is 114 Å². The van der Waals surface area contributed by atoms with Gasteiger partial charge in [0.25, 0.3) is 0 Å². The third-order valence-corrected chi connectivity index (χ3v) is 4.16. The number of likely N-dealkylation sites (N-methyl/N-ethyl adjacent to an activating group) is 2. The fourth-order valence-corrected chi connectivity index (χ4v) is 2.83. The SMILES string of the molecule is CCCCCCCCCCCC1=[N+](C)CCN1C. The lowest BCUT2D eigenvalue weighted by Gasteiger charge is -2.07. The van der Waals surface area contributed by atoms with Crippen LogP contribution in [0.5, 0.6) is 0 Å². The zero-order valence-corrected chi connectivity index (χ0v) is 12.9. The van der Waals surface area contributed by atoms with E-state index in [0.717, 1.165) is 0 Å². The largest absolute Gasteiger partial charge is 0.264 e. The molecule has 0 radical (unpaired) electrons. The van der Waals surface area contributed by atoms with Crippen LogP contribution < -0.4 is 0 Å². The Morgan fingerprint density at radius 2 is 1.50 bits per heavy atom. The van der Waals surface area contributed by atoms with E-state index in [2.05, 4.69) is 30.5 Å². The van der Waals surface area contributed by atoms with Gasteiger partial charge in [-0.3, -0.25) is 9.48 Å². The van der Waals surface area contributed by atoms with E-state index in [0.29, 0.717) is 0 Å². The fraction of sp³-hybridized carbons (Fsp3) is 0.938. The quantitative estimate of drug-likeness (QED) is 0.423. The van der Waals surface area contributed by atoms with Gasteiger partial charge in [-0.1, -0.05) is 58.3 Å². The molecule has 0 saturated carbocycles. The van der Waals surface area contributed by atoms with Gasteiger partial charge < -0.3 is 0 Å². The van der Waals surface area contributed by atoms with Gasteiger partial charge in [0.2, 0.25) is 5.84 Å². The highest BCUT2D eigenvalue weighted by atomic mass is 15.3. The van der Waals surface area contributed by atoms with Crippen LogP contribution in [0.3, 0.4) is 0 Å². The summed E-state index contributed by atoms with van der Waals surface area (Å²) in [5.74, 6) is 1.55. The van der Waals surface area contributed by atoms with E-state index in [1.54, 1.807) is 5.84 Å². The molecule has 0 N–H and O–H groups in total. The van der Waals surface area contributed by atoms with Crippen molar-refractivity contribution >= 4 is 5.84 Å². The van der Waals surface area contributed by atoms with Crippen LogP contribution in [0.15, 0.2) is 0 Å². The molecule has 0 atom stereocenters. The molecule has 0 aliphatic carbocycles. The van der Waals surface area contributed by atoms with E-state index >= 15 is 0 Å². The van der Waals surface area contributed by atoms with Crippen LogP contribution in [-0.4, -0.2) is 42.5 Å². The molecular formula is C16H33N2+. The summed E-state index contributed by atoms with van der Waals surface area (Å²) in [6.07, 6.45) is 14.1. The van der Waals surface area contributed by atoms with Crippen molar-refractivity contribution in [3.63, 3.8) is 0 Å². The first-order valence-electron chi connectivity index (χ1n) is 8.03.